The van der Waals surface area contributed by atoms with E-state index in [9.17, 15) is 108 Å². The minimum Gasteiger partial charge on any atom is -0.394 e. The standard InChI is InChI=1S/C88H149N3O35P4/c1-54(2)26-16-27-55(3)28-17-29-56(4)30-18-31-57(5)32-19-33-58(6)34-20-35-59(7)36-21-37-60(8)38-22-39-61(9)40-23-41-62(10)42-24-43-63(11)44-25-45-64(12)46-47-114-129(110,111)126-130(112,113)125-86-74(90-66(14)97)78(102)82(71(50-94)120-86)121-85-73(89-65(13)96)79(103)83(72(51-95)119-85)123-127(106,107)115-52-68(99)53-116-128(108,109)124-87-75(91-67(15)98)84(77(101)70(49-93)117-87)122-88-81(105)80(104)76(100)69(48-92)118-88/h26,28,30,32,34,36,38,40,42,44,46,68-88,92-95,99-105H,16-25,27,29,31,33,35,37,39,41,43,45,47-53H2,1-15H3,(H,89,96)(H,90,97)(H,91,98)(H,106,107)(H,108,109)(H,110,111)(H,112,113)/b55-28+,56-30+,57-32-,58-34-,59-36-,60-38-,61-40-,62-42-,63-44-,64-46-/t68-,69+,70+,71+,72+,73-,74+,75+,76+,77-,78+,79+,80-,81+,82?,83+,84+,85-,86+,87-,88-/m0/s1. The molecule has 3 amide bonds. The van der Waals surface area contributed by atoms with Gasteiger partial charge < -0.3 is 120 Å². The summed E-state index contributed by atoms with van der Waals surface area (Å²) in [6.45, 7) is 21.2. The number of nitrogens with one attached hydrogen (secondary N) is 3. The number of aliphatic hydroxyl groups is 11. The molecule has 4 heterocycles. The van der Waals surface area contributed by atoms with Crippen molar-refractivity contribution in [1.82, 2.24) is 16.0 Å². The highest BCUT2D eigenvalue weighted by atomic mass is 31.3. The minimum atomic E-state index is -5.84. The predicted molar refractivity (Wildman–Crippen MR) is 482 cm³/mol. The van der Waals surface area contributed by atoms with E-state index in [2.05, 4.69) is 150 Å². The minimum absolute atomic E-state index is 0.525. The molecule has 38 nitrogen and oxygen atoms in total. The summed E-state index contributed by atoms with van der Waals surface area (Å²) in [5, 5.41) is 124. The molecule has 0 aliphatic carbocycles. The van der Waals surface area contributed by atoms with Gasteiger partial charge in [-0.3, -0.25) is 41.5 Å². The maximum atomic E-state index is 13.5. The molecule has 0 saturated carbocycles. The van der Waals surface area contributed by atoms with Crippen molar-refractivity contribution in [3.8, 4) is 0 Å². The number of carbonyl (C=O) groups is 3. The number of aliphatic hydroxyl groups excluding tert-OH is 11. The molecule has 4 aliphatic rings. The van der Waals surface area contributed by atoms with Crippen molar-refractivity contribution in [3.05, 3.63) is 128 Å². The van der Waals surface area contributed by atoms with Crippen molar-refractivity contribution < 1.29 is 168 Å². The van der Waals surface area contributed by atoms with Gasteiger partial charge in [-0.1, -0.05) is 128 Å². The van der Waals surface area contributed by atoms with E-state index >= 15 is 0 Å². The Hall–Kier alpha value is -4.65. The Labute approximate surface area is 765 Å². The van der Waals surface area contributed by atoms with Gasteiger partial charge in [-0.05, 0) is 212 Å². The SMILES string of the molecule is CC(=O)N[C@@H]1[C@H](OC2[C@@H](CO)O[C@H](OP(=O)(O)OP(=O)(O)OC/C=C(/C)CC/C=C(/C)CC/C=C(/C)CC/C=C(/C)CC/C=C(/C)CC/C=C(/C)CC/C=C(/C)CC/C=C(/C)CC/C=C(\C)CC/C=C(\C)CCC=C(C)C)[C@H](NC(C)=O)[C@H]2O)O[C@H](CO)[C@@H](OP(=O)(O)OC[C@H](O)COP(=O)(O)O[C@@H]2O[C@H](CO)[C@H](O)[C@H](O[C@@H]3O[C@H](CO)[C@@H](O)[C@H](O)[C@H]3O)[C@H]2NC(C)=O)[C@@H]1O. The van der Waals surface area contributed by atoms with Crippen LogP contribution in [-0.4, -0.2) is 268 Å². The molecule has 746 valence electrons. The van der Waals surface area contributed by atoms with E-state index in [4.69, 9.17) is 55.6 Å². The van der Waals surface area contributed by atoms with E-state index < -0.39 is 224 Å². The largest absolute Gasteiger partial charge is 0.483 e. The zero-order valence-corrected chi connectivity index (χ0v) is 81.3. The van der Waals surface area contributed by atoms with E-state index in [0.717, 1.165) is 142 Å². The van der Waals surface area contributed by atoms with Gasteiger partial charge in [-0.15, -0.1) is 0 Å². The molecule has 0 aromatic rings. The molecule has 0 aromatic heterocycles. The number of ether oxygens (including phenoxy) is 6. The van der Waals surface area contributed by atoms with Gasteiger partial charge in [0.15, 0.2) is 25.2 Å². The van der Waals surface area contributed by atoms with Gasteiger partial charge in [0.1, 0.15) is 104 Å². The molecule has 0 spiro atoms. The summed E-state index contributed by atoms with van der Waals surface area (Å²) in [6.07, 6.45) is 8.46. The number of amides is 3. The summed E-state index contributed by atoms with van der Waals surface area (Å²) in [6, 6.07) is -5.83. The van der Waals surface area contributed by atoms with Crippen LogP contribution in [0.25, 0.3) is 0 Å². The van der Waals surface area contributed by atoms with E-state index in [-0.39, 0.29) is 0 Å². The Bertz CT molecular complexity index is 4060. The second-order valence-corrected chi connectivity index (χ2v) is 40.0. The van der Waals surface area contributed by atoms with E-state index in [1.807, 2.05) is 6.92 Å². The van der Waals surface area contributed by atoms with Crippen molar-refractivity contribution >= 4 is 49.0 Å². The summed E-state index contributed by atoms with van der Waals surface area (Å²) in [5.74, 6) is -2.83. The molecule has 0 aromatic carbocycles. The third kappa shape index (κ3) is 44.7. The maximum Gasteiger partial charge on any atom is 0.483 e. The fourth-order valence-electron chi connectivity index (χ4n) is 14.5. The summed E-state index contributed by atoms with van der Waals surface area (Å²) in [7, 11) is -22.5. The Kier molecular flexibility index (Phi) is 53.8. The lowest BCUT2D eigenvalue weighted by Crippen LogP contribution is -2.69. The molecule has 0 radical (unpaired) electrons. The first-order chi connectivity index (χ1) is 61.0. The van der Waals surface area contributed by atoms with Crippen molar-refractivity contribution in [1.29, 1.82) is 0 Å². The van der Waals surface area contributed by atoms with Gasteiger partial charge in [0.2, 0.25) is 17.7 Å². The molecule has 0 bridgehead atoms. The predicted octanol–water partition coefficient (Wildman–Crippen LogP) is 9.78. The zero-order chi connectivity index (χ0) is 97.4. The van der Waals surface area contributed by atoms with E-state index in [0.29, 0.717) is 12.8 Å². The van der Waals surface area contributed by atoms with Crippen LogP contribution in [0, 0.1) is 0 Å². The number of rotatable bonds is 58. The Balaban J connectivity index is 1.20. The first-order valence-electron chi connectivity index (χ1n) is 44.2. The number of allylic oxidation sites excluding steroid dienone is 21. The molecule has 25 atom stereocenters. The lowest BCUT2D eigenvalue weighted by molar-refractivity contribution is -0.340. The Morgan fingerprint density at radius 1 is 0.315 bits per heavy atom. The number of hydrogen-bond acceptors (Lipinski definition) is 31. The number of carbonyl (C=O) groups excluding carboxylic acids is 3. The molecule has 4 rings (SSSR count). The van der Waals surface area contributed by atoms with Crippen LogP contribution in [0.2, 0.25) is 0 Å². The molecule has 4 fully saturated rings. The van der Waals surface area contributed by atoms with Gasteiger partial charge in [0, 0.05) is 20.8 Å². The summed E-state index contributed by atoms with van der Waals surface area (Å²) in [4.78, 5) is 80.6. The molecule has 4 saturated heterocycles. The fraction of sp³-hybridized carbons (Fsp3) is 0.716. The van der Waals surface area contributed by atoms with Crippen LogP contribution in [0.15, 0.2) is 128 Å². The van der Waals surface area contributed by atoms with Crippen LogP contribution in [-0.2, 0) is 92.5 Å². The molecular weight excluding hydrogens is 1780 g/mol. The lowest BCUT2D eigenvalue weighted by Gasteiger charge is -2.48. The van der Waals surface area contributed by atoms with Gasteiger partial charge in [-0.25, -0.2) is 18.3 Å². The second-order valence-electron chi connectivity index (χ2n) is 34.2. The Morgan fingerprint density at radius 2 is 0.608 bits per heavy atom. The van der Waals surface area contributed by atoms with Crippen molar-refractivity contribution in [2.24, 2.45) is 0 Å². The average molecular weight is 1930 g/mol. The third-order valence-electron chi connectivity index (χ3n) is 21.9. The van der Waals surface area contributed by atoms with Crippen molar-refractivity contribution in [2.45, 2.75) is 361 Å². The van der Waals surface area contributed by atoms with Crippen LogP contribution >= 0.6 is 31.3 Å². The van der Waals surface area contributed by atoms with Crippen LogP contribution in [0.4, 0.5) is 0 Å². The molecule has 18 N–H and O–H groups in total. The van der Waals surface area contributed by atoms with Gasteiger partial charge in [-0.2, -0.15) is 4.31 Å². The molecule has 5 unspecified atom stereocenters. The van der Waals surface area contributed by atoms with E-state index in [1.165, 1.54) is 61.8 Å². The first kappa shape index (κ1) is 118. The topological polar surface area (TPSA) is 579 Å². The first-order valence-corrected chi connectivity index (χ1v) is 50.2. The quantitative estimate of drug-likeness (QED) is 0.0199. The lowest BCUT2D eigenvalue weighted by atomic mass is 9.94. The van der Waals surface area contributed by atoms with Crippen LogP contribution < -0.4 is 16.0 Å². The molecule has 4 aliphatic heterocycles. The van der Waals surface area contributed by atoms with E-state index in [1.54, 1.807) is 6.92 Å². The highest BCUT2D eigenvalue weighted by Gasteiger charge is 2.57. The number of phosphoric acid groups is 4. The summed E-state index contributed by atoms with van der Waals surface area (Å²) >= 11 is 0. The normalized spacial score (nSPS) is 29.6. The van der Waals surface area contributed by atoms with Crippen LogP contribution in [0.5, 0.6) is 0 Å². The zero-order valence-electron chi connectivity index (χ0n) is 77.7. The van der Waals surface area contributed by atoms with Crippen LogP contribution in [0.3, 0.4) is 0 Å². The molecule has 130 heavy (non-hydrogen) atoms. The van der Waals surface area contributed by atoms with Gasteiger partial charge in [0.05, 0.1) is 46.2 Å². The molecular formula is C88H149N3O35P4. The second kappa shape index (κ2) is 59.5. The monoisotopic (exact) mass is 1930 g/mol. The smallest absolute Gasteiger partial charge is 0.394 e. The average Bonchev–Trinajstić information content (AvgIpc) is 0.796. The summed E-state index contributed by atoms with van der Waals surface area (Å²) in [5.41, 5.74) is 14.8. The summed E-state index contributed by atoms with van der Waals surface area (Å²) < 4.78 is 122. The number of phosphoric ester groups is 4. The van der Waals surface area contributed by atoms with Crippen molar-refractivity contribution in [3.63, 3.8) is 0 Å². The van der Waals surface area contributed by atoms with Crippen molar-refractivity contribution in [2.75, 3.05) is 46.2 Å². The highest BCUT2D eigenvalue weighted by Crippen LogP contribution is 2.62. The third-order valence-corrected chi connectivity index (χ3v) is 26.5. The highest BCUT2D eigenvalue weighted by molar-refractivity contribution is 7.61. The van der Waals surface area contributed by atoms with Gasteiger partial charge in [0.25, 0.3) is 0 Å². The van der Waals surface area contributed by atoms with Crippen LogP contribution in [0.1, 0.15) is 232 Å². The maximum absolute atomic E-state index is 13.5. The van der Waals surface area contributed by atoms with Gasteiger partial charge >= 0.3 is 31.3 Å². The number of hydrogen-bond donors (Lipinski definition) is 18. The fourth-order valence-corrected chi connectivity index (χ4v) is 18.4. The molecule has 42 heteroatoms. The Morgan fingerprint density at radius 3 is 0.985 bits per heavy atom.